The van der Waals surface area contributed by atoms with Crippen LogP contribution in [0.15, 0.2) is 137 Å². The fourth-order valence-electron chi connectivity index (χ4n) is 5.29. The number of allylic oxidation sites excluding steroid dienone is 13. The molecule has 1 N–H and O–H groups in total. The van der Waals surface area contributed by atoms with Gasteiger partial charge in [-0.15, -0.1) is 0 Å². The Morgan fingerprint density at radius 1 is 0.837 bits per heavy atom. The van der Waals surface area contributed by atoms with Gasteiger partial charge in [-0.25, -0.2) is 5.87 Å². The molecule has 0 saturated heterocycles. The average Bonchev–Trinajstić information content (AvgIpc) is 3.50. The molecular formula is C40H34N9-. The normalized spacial score (nSPS) is 14.2. The van der Waals surface area contributed by atoms with Gasteiger partial charge in [-0.05, 0) is 75.5 Å². The van der Waals surface area contributed by atoms with Crippen molar-refractivity contribution in [1.29, 1.82) is 15.8 Å². The molecule has 0 saturated carbocycles. The Hall–Kier alpha value is -6.76. The van der Waals surface area contributed by atoms with E-state index >= 15 is 0 Å². The zero-order valence-electron chi connectivity index (χ0n) is 27.8. The first-order valence-electron chi connectivity index (χ1n) is 15.1. The van der Waals surface area contributed by atoms with Gasteiger partial charge in [0.1, 0.15) is 25.5 Å². The summed E-state index contributed by atoms with van der Waals surface area (Å²) in [7, 11) is 7.85. The molecule has 3 rings (SSSR count). The fourth-order valence-corrected chi connectivity index (χ4v) is 5.29. The number of rotatable bonds is 12. The molecule has 0 atom stereocenters. The molecule has 0 bridgehead atoms. The summed E-state index contributed by atoms with van der Waals surface area (Å²) in [6.07, 6.45) is 11.8. The third-order valence-electron chi connectivity index (χ3n) is 7.49. The molecular weight excluding hydrogens is 607 g/mol. The molecule has 9 nitrogen and oxygen atoms in total. The molecule has 0 amide bonds. The van der Waals surface area contributed by atoms with Crippen LogP contribution in [0.1, 0.15) is 24.0 Å². The van der Waals surface area contributed by atoms with Gasteiger partial charge >= 0.3 is 5.82 Å². The molecule has 0 fully saturated rings. The number of benzene rings is 2. The second kappa shape index (κ2) is 18.4. The van der Waals surface area contributed by atoms with Crippen LogP contribution in [0.25, 0.3) is 26.2 Å². The van der Waals surface area contributed by atoms with E-state index in [4.69, 9.17) is 13.1 Å². The molecule has 0 aliphatic heterocycles. The van der Waals surface area contributed by atoms with Crippen molar-refractivity contribution in [2.75, 3.05) is 28.2 Å². The van der Waals surface area contributed by atoms with Crippen LogP contribution in [0, 0.1) is 47.1 Å². The Bertz CT molecular complexity index is 2000. The topological polar surface area (TPSA) is 121 Å². The highest BCUT2D eigenvalue weighted by Crippen LogP contribution is 2.33. The lowest BCUT2D eigenvalue weighted by atomic mass is 9.94. The van der Waals surface area contributed by atoms with Gasteiger partial charge in [-0.3, -0.25) is 9.80 Å². The van der Waals surface area contributed by atoms with Crippen LogP contribution in [0.3, 0.4) is 0 Å². The Kier molecular flexibility index (Phi) is 13.8. The summed E-state index contributed by atoms with van der Waals surface area (Å²) in [5.41, 5.74) is 4.85. The minimum absolute atomic E-state index is 0.148. The zero-order valence-corrected chi connectivity index (χ0v) is 27.8. The van der Waals surface area contributed by atoms with Crippen LogP contribution < -0.4 is 5.32 Å². The lowest BCUT2D eigenvalue weighted by Crippen LogP contribution is -2.50. The van der Waals surface area contributed by atoms with Gasteiger partial charge in [0, 0.05) is 11.3 Å². The lowest BCUT2D eigenvalue weighted by molar-refractivity contribution is 0.107. The summed E-state index contributed by atoms with van der Waals surface area (Å²) in [6.45, 7) is 15.0. The van der Waals surface area contributed by atoms with Crippen LogP contribution in [-0.2, 0) is 0 Å². The maximum absolute atomic E-state index is 10.1. The highest BCUT2D eigenvalue weighted by molar-refractivity contribution is 5.96. The first-order valence-corrected chi connectivity index (χ1v) is 15.1. The van der Waals surface area contributed by atoms with Gasteiger partial charge in [0.05, 0.1) is 34.4 Å². The van der Waals surface area contributed by atoms with E-state index in [2.05, 4.69) is 27.1 Å². The van der Waals surface area contributed by atoms with Gasteiger partial charge < -0.3 is 10.7 Å². The number of nitrogens with zero attached hydrogens (tertiary/aromatic N) is 8. The third-order valence-corrected chi connectivity index (χ3v) is 7.49. The predicted octanol–water partition coefficient (Wildman–Crippen LogP) is 7.39. The molecule has 9 heteroatoms. The number of nitrogens with one attached hydrogen (secondary N) is 1. The zero-order chi connectivity index (χ0) is 35.8. The molecule has 0 unspecified atom stereocenters. The monoisotopic (exact) mass is 640 g/mol. The van der Waals surface area contributed by atoms with E-state index in [-0.39, 0.29) is 40.0 Å². The summed E-state index contributed by atoms with van der Waals surface area (Å²) in [6, 6.07) is 24.1. The third kappa shape index (κ3) is 9.39. The number of hydrogen-bond acceptors (Lipinski definition) is 6. The fraction of sp³-hybridized carbons (Fsp3) is 0.175. The first-order chi connectivity index (χ1) is 23.7. The van der Waals surface area contributed by atoms with Gasteiger partial charge in [0.2, 0.25) is 0 Å². The summed E-state index contributed by atoms with van der Waals surface area (Å²) in [5.74, 6) is 1.74. The maximum atomic E-state index is 10.1. The Labute approximate surface area is 288 Å². The van der Waals surface area contributed by atoms with E-state index in [0.717, 1.165) is 16.8 Å². The highest BCUT2D eigenvalue weighted by Gasteiger charge is 2.24. The summed E-state index contributed by atoms with van der Waals surface area (Å²) in [5, 5.41) is 43.0. The minimum Gasteiger partial charge on any atom is -0.762 e. The Balaban J connectivity index is 2.14. The van der Waals surface area contributed by atoms with Crippen LogP contribution in [0.4, 0.5) is 0 Å². The quantitative estimate of drug-likeness (QED) is 0.0849. The van der Waals surface area contributed by atoms with Crippen molar-refractivity contribution in [1.82, 2.24) is 15.1 Å². The number of hydrogen-bond donors (Lipinski definition) is 1. The van der Waals surface area contributed by atoms with E-state index in [1.807, 2.05) is 74.2 Å². The lowest BCUT2D eigenvalue weighted by Gasteiger charge is -2.33. The van der Waals surface area contributed by atoms with Crippen molar-refractivity contribution in [3.63, 3.8) is 0 Å². The van der Waals surface area contributed by atoms with Crippen LogP contribution in [0.2, 0.25) is 0 Å². The molecule has 0 spiro atoms. The van der Waals surface area contributed by atoms with Gasteiger partial charge in [-0.2, -0.15) is 25.5 Å². The van der Waals surface area contributed by atoms with Crippen molar-refractivity contribution in [2.45, 2.75) is 19.1 Å². The van der Waals surface area contributed by atoms with Crippen molar-refractivity contribution < 1.29 is 0 Å². The van der Waals surface area contributed by atoms with Crippen molar-refractivity contribution >= 4 is 17.0 Å². The largest absolute Gasteiger partial charge is 0.762 e. The Morgan fingerprint density at radius 3 is 1.92 bits per heavy atom. The van der Waals surface area contributed by atoms with Gasteiger partial charge in [0.15, 0.2) is 0 Å². The minimum atomic E-state index is -0.179. The molecule has 240 valence electrons. The number of nitriles is 3. The molecule has 2 aromatic carbocycles. The van der Waals surface area contributed by atoms with E-state index < -0.39 is 0 Å². The van der Waals surface area contributed by atoms with E-state index in [0.29, 0.717) is 24.0 Å². The van der Waals surface area contributed by atoms with Gasteiger partial charge in [0.25, 0.3) is 0 Å². The summed E-state index contributed by atoms with van der Waals surface area (Å²) >= 11 is 0. The maximum Gasteiger partial charge on any atom is 0.528 e. The van der Waals surface area contributed by atoms with E-state index in [9.17, 15) is 21.2 Å². The second-order valence-electron chi connectivity index (χ2n) is 11.1. The molecule has 1 aliphatic carbocycles. The smallest absolute Gasteiger partial charge is 0.528 e. The van der Waals surface area contributed by atoms with Crippen LogP contribution in [-0.4, -0.2) is 50.2 Å². The standard InChI is InChI=1S/C40H34N9/c1-45-39(46-2)37(30-17-11-8-12-18-30)34(26-42)22-14-20-32-24-23-31(38(32)47-40(48(3)4)49(5)6)19-13-21-33(25-41)36(35(27-43)28-44)29-15-9-7-10-16-29/h7-22,40,47H,23-24H2,3-6H3/q-1/b20-14+,21-13+,31-19+,34-22+,36-33-. The van der Waals surface area contributed by atoms with Crippen LogP contribution >= 0.6 is 0 Å². The Morgan fingerprint density at radius 2 is 1.43 bits per heavy atom. The van der Waals surface area contributed by atoms with Crippen molar-refractivity contribution in [2.24, 2.45) is 0 Å². The molecule has 1 aliphatic rings. The SMILES string of the molecule is [C-]#[N+]C([N+]#[C-])=C(/C(C#N)=C/C=C/C1=C(NC(N(C)C)N(C)C)C(=C/C=C/C(C#N)=C(/C(=C=[N-])C#N)c2ccccc2)/CC1)c1ccccc1. The van der Waals surface area contributed by atoms with Crippen molar-refractivity contribution in [3.8, 4) is 18.2 Å². The molecule has 0 heterocycles. The molecule has 2 aromatic rings. The summed E-state index contributed by atoms with van der Waals surface area (Å²) < 4.78 is 0. The van der Waals surface area contributed by atoms with E-state index in [1.54, 1.807) is 72.8 Å². The van der Waals surface area contributed by atoms with Crippen LogP contribution in [0.5, 0.6) is 0 Å². The van der Waals surface area contributed by atoms with Gasteiger partial charge in [-0.1, -0.05) is 85.0 Å². The second-order valence-corrected chi connectivity index (χ2v) is 11.1. The molecule has 49 heavy (non-hydrogen) atoms. The predicted molar refractivity (Wildman–Crippen MR) is 194 cm³/mol. The first kappa shape index (κ1) is 36.7. The average molecular weight is 641 g/mol. The van der Waals surface area contributed by atoms with Crippen molar-refractivity contribution in [3.05, 3.63) is 176 Å². The molecule has 0 radical (unpaired) electrons. The highest BCUT2D eigenvalue weighted by atomic mass is 15.4. The van der Waals surface area contributed by atoms with E-state index in [1.165, 1.54) is 0 Å². The summed E-state index contributed by atoms with van der Waals surface area (Å²) in [4.78, 5) is 10.8. The molecule has 0 aromatic heterocycles.